The maximum absolute atomic E-state index is 13.3. The Morgan fingerprint density at radius 1 is 1.00 bits per heavy atom. The van der Waals surface area contributed by atoms with Gasteiger partial charge in [0.15, 0.2) is 11.5 Å². The lowest BCUT2D eigenvalue weighted by atomic mass is 10.1. The number of benzene rings is 2. The van der Waals surface area contributed by atoms with Crippen LogP contribution in [0.25, 0.3) is 5.65 Å². The van der Waals surface area contributed by atoms with Crippen LogP contribution < -0.4 is 4.72 Å². The van der Waals surface area contributed by atoms with Gasteiger partial charge in [-0.2, -0.15) is 0 Å². The number of anilines is 1. The average Bonchev–Trinajstić information content (AvgIpc) is 3.47. The standard InChI is InChI=1S/C24H23N5O3S/c1-17-7-2-3-8-20(17)27-33(31,32)19-13-11-18(12-14-19)24(30)28-16-6-9-21(28)23-26-25-22-10-4-5-15-29(22)23/h2-5,7-8,10-15,21,27H,6,9,16H2,1H3. The summed E-state index contributed by atoms with van der Waals surface area (Å²) < 4.78 is 30.1. The predicted molar refractivity (Wildman–Crippen MR) is 124 cm³/mol. The van der Waals surface area contributed by atoms with E-state index in [1.807, 2.05) is 47.9 Å². The number of nitrogens with zero attached hydrogens (tertiary/aromatic N) is 4. The molecule has 3 heterocycles. The van der Waals surface area contributed by atoms with Crippen molar-refractivity contribution in [2.45, 2.75) is 30.7 Å². The van der Waals surface area contributed by atoms with Gasteiger partial charge in [-0.3, -0.25) is 13.9 Å². The van der Waals surface area contributed by atoms with E-state index in [0.717, 1.165) is 29.9 Å². The molecular formula is C24H23N5O3S. The van der Waals surface area contributed by atoms with Gasteiger partial charge in [0.1, 0.15) is 0 Å². The van der Waals surface area contributed by atoms with E-state index in [1.54, 1.807) is 29.2 Å². The summed E-state index contributed by atoms with van der Waals surface area (Å²) >= 11 is 0. The highest BCUT2D eigenvalue weighted by molar-refractivity contribution is 7.92. The highest BCUT2D eigenvalue weighted by Gasteiger charge is 2.33. The SMILES string of the molecule is Cc1ccccc1NS(=O)(=O)c1ccc(C(=O)N2CCCC2c2nnc3ccccn23)cc1. The van der Waals surface area contributed by atoms with Gasteiger partial charge in [0.2, 0.25) is 0 Å². The Hall–Kier alpha value is -3.72. The first-order chi connectivity index (χ1) is 15.9. The fraction of sp³-hybridized carbons (Fsp3) is 0.208. The van der Waals surface area contributed by atoms with Crippen LogP contribution in [0.4, 0.5) is 5.69 Å². The molecule has 1 atom stereocenters. The average molecular weight is 462 g/mol. The molecule has 0 radical (unpaired) electrons. The van der Waals surface area contributed by atoms with Gasteiger partial charge in [0.05, 0.1) is 16.6 Å². The Kier molecular flexibility index (Phi) is 5.33. The molecule has 5 rings (SSSR count). The van der Waals surface area contributed by atoms with Crippen LogP contribution in [-0.4, -0.2) is 40.4 Å². The van der Waals surface area contributed by atoms with E-state index in [4.69, 9.17) is 0 Å². The second kappa shape index (κ2) is 8.32. The quantitative estimate of drug-likeness (QED) is 0.487. The number of aromatic nitrogens is 3. The minimum absolute atomic E-state index is 0.101. The fourth-order valence-electron chi connectivity index (χ4n) is 4.20. The number of fused-ring (bicyclic) bond motifs is 1. The van der Waals surface area contributed by atoms with Crippen LogP contribution in [0.15, 0.2) is 77.8 Å². The number of nitrogens with one attached hydrogen (secondary N) is 1. The number of aryl methyl sites for hydroxylation is 1. The van der Waals surface area contributed by atoms with Crippen LogP contribution in [0, 0.1) is 6.92 Å². The third kappa shape index (κ3) is 3.95. The highest BCUT2D eigenvalue weighted by atomic mass is 32.2. The zero-order valence-electron chi connectivity index (χ0n) is 18.0. The lowest BCUT2D eigenvalue weighted by molar-refractivity contribution is 0.0729. The molecule has 33 heavy (non-hydrogen) atoms. The van der Waals surface area contributed by atoms with Crippen LogP contribution in [0.1, 0.15) is 40.6 Å². The van der Waals surface area contributed by atoms with E-state index < -0.39 is 10.0 Å². The topological polar surface area (TPSA) is 96.7 Å². The van der Waals surface area contributed by atoms with Crippen molar-refractivity contribution in [3.63, 3.8) is 0 Å². The lowest BCUT2D eigenvalue weighted by Gasteiger charge is -2.23. The first-order valence-electron chi connectivity index (χ1n) is 10.7. The summed E-state index contributed by atoms with van der Waals surface area (Å²) in [7, 11) is -3.76. The maximum Gasteiger partial charge on any atom is 0.261 e. The number of hydrogen-bond donors (Lipinski definition) is 1. The van der Waals surface area contributed by atoms with Gasteiger partial charge in [-0.05, 0) is 67.8 Å². The molecule has 1 aliphatic heterocycles. The Bertz CT molecular complexity index is 1430. The molecule has 1 saturated heterocycles. The number of hydrogen-bond acceptors (Lipinski definition) is 5. The minimum Gasteiger partial charge on any atom is -0.328 e. The fourth-order valence-corrected chi connectivity index (χ4v) is 5.33. The summed E-state index contributed by atoms with van der Waals surface area (Å²) in [5.41, 5.74) is 2.53. The van der Waals surface area contributed by atoms with Gasteiger partial charge in [-0.1, -0.05) is 24.3 Å². The zero-order valence-corrected chi connectivity index (χ0v) is 18.9. The molecule has 1 N–H and O–H groups in total. The summed E-state index contributed by atoms with van der Waals surface area (Å²) in [4.78, 5) is 15.2. The predicted octanol–water partition coefficient (Wildman–Crippen LogP) is 3.82. The van der Waals surface area contributed by atoms with Crippen LogP contribution in [0.3, 0.4) is 0 Å². The van der Waals surface area contributed by atoms with Crippen molar-refractivity contribution in [2.24, 2.45) is 0 Å². The van der Waals surface area contributed by atoms with Gasteiger partial charge in [0, 0.05) is 18.3 Å². The normalized spacial score (nSPS) is 16.3. The van der Waals surface area contributed by atoms with E-state index in [9.17, 15) is 13.2 Å². The maximum atomic E-state index is 13.3. The van der Waals surface area contributed by atoms with E-state index in [0.29, 0.717) is 17.8 Å². The zero-order chi connectivity index (χ0) is 23.0. The van der Waals surface area contributed by atoms with E-state index in [2.05, 4.69) is 14.9 Å². The third-order valence-electron chi connectivity index (χ3n) is 5.95. The molecular weight excluding hydrogens is 438 g/mol. The van der Waals surface area contributed by atoms with Crippen LogP contribution >= 0.6 is 0 Å². The highest BCUT2D eigenvalue weighted by Crippen LogP contribution is 2.32. The summed E-state index contributed by atoms with van der Waals surface area (Å²) in [6.45, 7) is 2.45. The van der Waals surface area contributed by atoms with Gasteiger partial charge in [-0.25, -0.2) is 8.42 Å². The number of rotatable bonds is 5. The Labute approximate surface area is 191 Å². The Morgan fingerprint density at radius 2 is 1.76 bits per heavy atom. The first kappa shape index (κ1) is 21.1. The number of amides is 1. The van der Waals surface area contributed by atoms with Crippen LogP contribution in [0.2, 0.25) is 0 Å². The van der Waals surface area contributed by atoms with Crippen molar-refractivity contribution in [3.8, 4) is 0 Å². The number of sulfonamides is 1. The molecule has 2 aromatic carbocycles. The molecule has 8 nitrogen and oxygen atoms in total. The molecule has 2 aromatic heterocycles. The number of carbonyl (C=O) groups excluding carboxylic acids is 1. The summed E-state index contributed by atoms with van der Waals surface area (Å²) in [5.74, 6) is 0.582. The van der Waals surface area contributed by atoms with Gasteiger partial charge < -0.3 is 4.90 Å². The molecule has 168 valence electrons. The Balaban J connectivity index is 1.37. The Morgan fingerprint density at radius 3 is 2.55 bits per heavy atom. The third-order valence-corrected chi connectivity index (χ3v) is 7.33. The van der Waals surface area contributed by atoms with Crippen molar-refractivity contribution in [1.29, 1.82) is 0 Å². The van der Waals surface area contributed by atoms with Crippen molar-refractivity contribution >= 4 is 27.3 Å². The minimum atomic E-state index is -3.76. The molecule has 0 saturated carbocycles. The van der Waals surface area contributed by atoms with Gasteiger partial charge >= 0.3 is 0 Å². The second-order valence-electron chi connectivity index (χ2n) is 8.09. The number of pyridine rings is 1. The summed E-state index contributed by atoms with van der Waals surface area (Å²) in [6, 6.07) is 18.7. The first-order valence-corrected chi connectivity index (χ1v) is 12.2. The van der Waals surface area contributed by atoms with E-state index >= 15 is 0 Å². The summed E-state index contributed by atoms with van der Waals surface area (Å²) in [5, 5.41) is 8.54. The molecule has 9 heteroatoms. The van der Waals surface area contributed by atoms with Gasteiger partial charge in [0.25, 0.3) is 15.9 Å². The summed E-state index contributed by atoms with van der Waals surface area (Å²) in [6.07, 6.45) is 3.56. The largest absolute Gasteiger partial charge is 0.328 e. The molecule has 1 unspecified atom stereocenters. The second-order valence-corrected chi connectivity index (χ2v) is 9.77. The molecule has 0 bridgehead atoms. The molecule has 1 aliphatic rings. The van der Waals surface area contributed by atoms with Crippen molar-refractivity contribution in [1.82, 2.24) is 19.5 Å². The molecule has 0 aliphatic carbocycles. The smallest absolute Gasteiger partial charge is 0.261 e. The van der Waals surface area contributed by atoms with E-state index in [1.165, 1.54) is 12.1 Å². The molecule has 1 fully saturated rings. The number of likely N-dealkylation sites (tertiary alicyclic amines) is 1. The number of carbonyl (C=O) groups is 1. The van der Waals surface area contributed by atoms with Crippen molar-refractivity contribution in [2.75, 3.05) is 11.3 Å². The molecule has 4 aromatic rings. The lowest BCUT2D eigenvalue weighted by Crippen LogP contribution is -2.31. The van der Waals surface area contributed by atoms with E-state index in [-0.39, 0.29) is 16.8 Å². The molecule has 1 amide bonds. The number of para-hydroxylation sites is 1. The van der Waals surface area contributed by atoms with Crippen molar-refractivity contribution in [3.05, 3.63) is 89.9 Å². The monoisotopic (exact) mass is 461 g/mol. The molecule has 0 spiro atoms. The van der Waals surface area contributed by atoms with Crippen molar-refractivity contribution < 1.29 is 13.2 Å². The van der Waals surface area contributed by atoms with Crippen LogP contribution in [-0.2, 0) is 10.0 Å². The van der Waals surface area contributed by atoms with Crippen LogP contribution in [0.5, 0.6) is 0 Å². The van der Waals surface area contributed by atoms with Gasteiger partial charge in [-0.15, -0.1) is 10.2 Å².